The van der Waals surface area contributed by atoms with Gasteiger partial charge in [0.25, 0.3) is 0 Å². The molecule has 1 heterocycles. The molecule has 0 fully saturated rings. The normalized spacial score (nSPS) is 9.69. The molecule has 70 valence electrons. The molecule has 4 nitrogen and oxygen atoms in total. The van der Waals surface area contributed by atoms with Crippen LogP contribution in [0.25, 0.3) is 0 Å². The Morgan fingerprint density at radius 3 is 2.92 bits per heavy atom. The minimum Gasteiger partial charge on any atom is -0.389 e. The van der Waals surface area contributed by atoms with Crippen LogP contribution in [0.5, 0.6) is 0 Å². The molecule has 13 heavy (non-hydrogen) atoms. The maximum atomic E-state index is 5.51. The van der Waals surface area contributed by atoms with Gasteiger partial charge in [-0.1, -0.05) is 12.2 Å². The highest BCUT2D eigenvalue weighted by atomic mass is 32.1. The van der Waals surface area contributed by atoms with Gasteiger partial charge in [0, 0.05) is 12.7 Å². The van der Waals surface area contributed by atoms with Crippen LogP contribution in [0, 0.1) is 6.92 Å². The molecule has 3 N–H and O–H groups in total. The summed E-state index contributed by atoms with van der Waals surface area (Å²) in [4.78, 5) is 8.53. The fraction of sp³-hybridized carbons (Fsp3) is 0.375. The van der Waals surface area contributed by atoms with E-state index >= 15 is 0 Å². The number of hydrogen-bond donors (Lipinski definition) is 2. The molecule has 0 radical (unpaired) electrons. The Morgan fingerprint density at radius 1 is 1.69 bits per heavy atom. The third-order valence-electron chi connectivity index (χ3n) is 1.52. The topological polar surface area (TPSA) is 63.8 Å². The first-order chi connectivity index (χ1) is 6.15. The number of thiocarbonyl (C=S) groups is 1. The van der Waals surface area contributed by atoms with Crippen LogP contribution in [0.2, 0.25) is 0 Å². The lowest BCUT2D eigenvalue weighted by Crippen LogP contribution is -2.15. The Hall–Kier alpha value is -1.23. The smallest absolute Gasteiger partial charge is 0.139 e. The highest BCUT2D eigenvalue weighted by Gasteiger charge is 2.06. The maximum absolute atomic E-state index is 5.51. The molecule has 0 bridgehead atoms. The van der Waals surface area contributed by atoms with Crippen molar-refractivity contribution in [3.05, 3.63) is 17.6 Å². The standard InChI is InChI=1S/C8H12N4S/c1-3-10-8-6(7(9)13)4-11-5(2)12-8/h4H,3H2,1-2H3,(H2,9,13)(H,10,11,12). The van der Waals surface area contributed by atoms with Crippen molar-refractivity contribution in [3.63, 3.8) is 0 Å². The van der Waals surface area contributed by atoms with Crippen LogP contribution in [0.15, 0.2) is 6.20 Å². The average molecular weight is 196 g/mol. The van der Waals surface area contributed by atoms with Crippen molar-refractivity contribution in [2.24, 2.45) is 5.73 Å². The molecule has 0 aliphatic rings. The second-order valence-electron chi connectivity index (χ2n) is 2.57. The molecular weight excluding hydrogens is 184 g/mol. The van der Waals surface area contributed by atoms with E-state index in [1.54, 1.807) is 6.20 Å². The highest BCUT2D eigenvalue weighted by molar-refractivity contribution is 7.80. The zero-order chi connectivity index (χ0) is 9.84. The minimum atomic E-state index is 0.316. The molecule has 1 aromatic heterocycles. The van der Waals surface area contributed by atoms with Crippen LogP contribution in [-0.2, 0) is 0 Å². The lowest BCUT2D eigenvalue weighted by molar-refractivity contribution is 1.03. The SMILES string of the molecule is CCNc1nc(C)ncc1C(N)=S. The van der Waals surface area contributed by atoms with Gasteiger partial charge >= 0.3 is 0 Å². The first-order valence-electron chi connectivity index (χ1n) is 4.02. The number of anilines is 1. The molecule has 0 saturated heterocycles. The molecule has 1 aromatic rings. The van der Waals surface area contributed by atoms with Crippen molar-refractivity contribution in [2.75, 3.05) is 11.9 Å². The predicted molar refractivity (Wildman–Crippen MR) is 56.8 cm³/mol. The molecule has 0 aliphatic carbocycles. The predicted octanol–water partition coefficient (Wildman–Crippen LogP) is 0.851. The molecule has 0 aromatic carbocycles. The molecule has 0 atom stereocenters. The van der Waals surface area contributed by atoms with Crippen LogP contribution in [0.4, 0.5) is 5.82 Å². The molecule has 0 unspecified atom stereocenters. The zero-order valence-corrected chi connectivity index (χ0v) is 8.48. The summed E-state index contributed by atoms with van der Waals surface area (Å²) in [7, 11) is 0. The summed E-state index contributed by atoms with van der Waals surface area (Å²) in [6, 6.07) is 0. The third kappa shape index (κ3) is 2.35. The maximum Gasteiger partial charge on any atom is 0.139 e. The Kier molecular flexibility index (Phi) is 3.13. The summed E-state index contributed by atoms with van der Waals surface area (Å²) in [5, 5.41) is 3.08. The fourth-order valence-corrected chi connectivity index (χ4v) is 1.10. The van der Waals surface area contributed by atoms with E-state index in [-0.39, 0.29) is 0 Å². The number of nitrogens with one attached hydrogen (secondary N) is 1. The minimum absolute atomic E-state index is 0.316. The van der Waals surface area contributed by atoms with Gasteiger partial charge in [0.15, 0.2) is 0 Å². The van der Waals surface area contributed by atoms with E-state index in [1.165, 1.54) is 0 Å². The molecule has 0 spiro atoms. The van der Waals surface area contributed by atoms with E-state index in [0.717, 1.165) is 6.54 Å². The summed E-state index contributed by atoms with van der Waals surface area (Å²) in [6.45, 7) is 4.59. The number of rotatable bonds is 3. The van der Waals surface area contributed by atoms with Gasteiger partial charge in [-0.2, -0.15) is 0 Å². The van der Waals surface area contributed by atoms with Gasteiger partial charge in [0.05, 0.1) is 5.56 Å². The number of aromatic nitrogens is 2. The molecule has 5 heteroatoms. The summed E-state index contributed by atoms with van der Waals surface area (Å²) in [5.41, 5.74) is 6.20. The summed E-state index contributed by atoms with van der Waals surface area (Å²) in [5.74, 6) is 1.42. The average Bonchev–Trinajstić information content (AvgIpc) is 2.04. The second kappa shape index (κ2) is 4.13. The monoisotopic (exact) mass is 196 g/mol. The van der Waals surface area contributed by atoms with Crippen molar-refractivity contribution in [1.29, 1.82) is 0 Å². The Morgan fingerprint density at radius 2 is 2.38 bits per heavy atom. The van der Waals surface area contributed by atoms with E-state index in [1.807, 2.05) is 13.8 Å². The van der Waals surface area contributed by atoms with Crippen molar-refractivity contribution < 1.29 is 0 Å². The lowest BCUT2D eigenvalue weighted by atomic mass is 10.3. The van der Waals surface area contributed by atoms with E-state index in [2.05, 4.69) is 15.3 Å². The van der Waals surface area contributed by atoms with Crippen molar-refractivity contribution >= 4 is 23.0 Å². The zero-order valence-electron chi connectivity index (χ0n) is 7.66. The Labute approximate surface area is 82.6 Å². The van der Waals surface area contributed by atoms with Crippen LogP contribution in [0.1, 0.15) is 18.3 Å². The second-order valence-corrected chi connectivity index (χ2v) is 3.01. The number of nitrogens with two attached hydrogens (primary N) is 1. The van der Waals surface area contributed by atoms with Gasteiger partial charge in [0.2, 0.25) is 0 Å². The Bertz CT molecular complexity index is 324. The van der Waals surface area contributed by atoms with E-state index < -0.39 is 0 Å². The highest BCUT2D eigenvalue weighted by Crippen LogP contribution is 2.10. The fourth-order valence-electron chi connectivity index (χ4n) is 0.953. The van der Waals surface area contributed by atoms with Gasteiger partial charge < -0.3 is 11.1 Å². The van der Waals surface area contributed by atoms with Crippen molar-refractivity contribution in [3.8, 4) is 0 Å². The lowest BCUT2D eigenvalue weighted by Gasteiger charge is -2.07. The van der Waals surface area contributed by atoms with E-state index in [0.29, 0.717) is 22.2 Å². The van der Waals surface area contributed by atoms with Gasteiger partial charge in [-0.3, -0.25) is 0 Å². The Balaban J connectivity index is 3.10. The first kappa shape index (κ1) is 9.85. The molecule has 0 amide bonds. The van der Waals surface area contributed by atoms with Gasteiger partial charge in [-0.15, -0.1) is 0 Å². The largest absolute Gasteiger partial charge is 0.389 e. The molecular formula is C8H12N4S. The molecule has 0 saturated carbocycles. The van der Waals surface area contributed by atoms with Crippen molar-refractivity contribution in [1.82, 2.24) is 9.97 Å². The quantitative estimate of drug-likeness (QED) is 0.702. The molecule has 0 aliphatic heterocycles. The summed E-state index contributed by atoms with van der Waals surface area (Å²) in [6.07, 6.45) is 1.64. The van der Waals surface area contributed by atoms with Crippen LogP contribution >= 0.6 is 12.2 Å². The van der Waals surface area contributed by atoms with E-state index in [9.17, 15) is 0 Å². The number of nitrogens with zero attached hydrogens (tertiary/aromatic N) is 2. The van der Waals surface area contributed by atoms with Gasteiger partial charge in [-0.05, 0) is 13.8 Å². The summed E-state index contributed by atoms with van der Waals surface area (Å²) < 4.78 is 0. The first-order valence-corrected chi connectivity index (χ1v) is 4.43. The number of hydrogen-bond acceptors (Lipinski definition) is 4. The van der Waals surface area contributed by atoms with E-state index in [4.69, 9.17) is 18.0 Å². The van der Waals surface area contributed by atoms with Crippen molar-refractivity contribution in [2.45, 2.75) is 13.8 Å². The van der Waals surface area contributed by atoms with Crippen LogP contribution in [-0.4, -0.2) is 21.5 Å². The van der Waals surface area contributed by atoms with Crippen LogP contribution in [0.3, 0.4) is 0 Å². The summed E-state index contributed by atoms with van der Waals surface area (Å²) >= 11 is 4.86. The van der Waals surface area contributed by atoms with Crippen LogP contribution < -0.4 is 11.1 Å². The third-order valence-corrected chi connectivity index (χ3v) is 1.74. The van der Waals surface area contributed by atoms with Gasteiger partial charge in [0.1, 0.15) is 16.6 Å². The number of aryl methyl sites for hydroxylation is 1. The van der Waals surface area contributed by atoms with Gasteiger partial charge in [-0.25, -0.2) is 9.97 Å². The molecule has 1 rings (SSSR count).